The van der Waals surface area contributed by atoms with Crippen LogP contribution in [0.3, 0.4) is 0 Å². The molecule has 0 spiro atoms. The minimum atomic E-state index is -1.05. The maximum absolute atomic E-state index is 12.2. The zero-order valence-corrected chi connectivity index (χ0v) is 16.1. The van der Waals surface area contributed by atoms with Crippen molar-refractivity contribution in [2.75, 3.05) is 6.79 Å². The Morgan fingerprint density at radius 3 is 2.66 bits per heavy atom. The fraction of sp³-hybridized carbons (Fsp3) is 0.227. The number of ether oxygens (including phenoxy) is 3. The topological polar surface area (TPSA) is 97.7 Å². The van der Waals surface area contributed by atoms with E-state index in [0.717, 1.165) is 11.1 Å². The Morgan fingerprint density at radius 2 is 1.93 bits per heavy atom. The van der Waals surface area contributed by atoms with Crippen LogP contribution in [0.5, 0.6) is 11.5 Å². The van der Waals surface area contributed by atoms with Crippen molar-refractivity contribution in [1.82, 2.24) is 5.32 Å². The normalized spacial score (nSPS) is 13.3. The Kier molecular flexibility index (Phi) is 6.15. The van der Waals surface area contributed by atoms with Crippen molar-refractivity contribution in [3.05, 3.63) is 64.7 Å². The first kappa shape index (κ1) is 20.0. The number of fused-ring (bicyclic) bond motifs is 1. The minimum absolute atomic E-state index is 0.176. The van der Waals surface area contributed by atoms with Crippen LogP contribution in [-0.2, 0) is 20.9 Å². The van der Waals surface area contributed by atoms with Crippen molar-refractivity contribution >= 4 is 18.0 Å². The summed E-state index contributed by atoms with van der Waals surface area (Å²) < 4.78 is 15.7. The lowest BCUT2D eigenvalue weighted by molar-refractivity contribution is -0.150. The van der Waals surface area contributed by atoms with Gasteiger partial charge in [0.25, 0.3) is 5.91 Å². The van der Waals surface area contributed by atoms with Crippen LogP contribution in [0.2, 0.25) is 0 Å². The van der Waals surface area contributed by atoms with Gasteiger partial charge in [0.15, 0.2) is 17.6 Å². The first-order valence-electron chi connectivity index (χ1n) is 9.02. The maximum atomic E-state index is 12.2. The Hall–Kier alpha value is -3.79. The van der Waals surface area contributed by atoms with Crippen LogP contribution in [-0.4, -0.2) is 24.8 Å². The van der Waals surface area contributed by atoms with E-state index in [-0.39, 0.29) is 18.9 Å². The van der Waals surface area contributed by atoms with E-state index in [9.17, 15) is 14.9 Å². The zero-order valence-electron chi connectivity index (χ0n) is 16.1. The van der Waals surface area contributed by atoms with Crippen molar-refractivity contribution in [1.29, 1.82) is 5.26 Å². The molecule has 1 aliphatic heterocycles. The summed E-state index contributed by atoms with van der Waals surface area (Å²) >= 11 is 0. The highest BCUT2D eigenvalue weighted by atomic mass is 16.7. The number of hydrogen-bond acceptors (Lipinski definition) is 6. The Morgan fingerprint density at radius 1 is 1.21 bits per heavy atom. The number of nitrogens with zero attached hydrogens (tertiary/aromatic N) is 1. The van der Waals surface area contributed by atoms with Crippen molar-refractivity contribution in [3.63, 3.8) is 0 Å². The average Bonchev–Trinajstić information content (AvgIpc) is 3.19. The van der Waals surface area contributed by atoms with Gasteiger partial charge in [-0.05, 0) is 43.2 Å². The van der Waals surface area contributed by atoms with Crippen LogP contribution in [0, 0.1) is 18.3 Å². The fourth-order valence-corrected chi connectivity index (χ4v) is 2.63. The number of carbonyl (C=O) groups is 2. The molecular weight excluding hydrogens is 372 g/mol. The van der Waals surface area contributed by atoms with Crippen LogP contribution < -0.4 is 14.8 Å². The molecule has 0 bridgehead atoms. The molecule has 2 aromatic carbocycles. The average molecular weight is 392 g/mol. The molecule has 29 heavy (non-hydrogen) atoms. The molecule has 0 radical (unpaired) electrons. The van der Waals surface area contributed by atoms with E-state index in [1.807, 2.05) is 31.2 Å². The molecule has 0 aliphatic carbocycles. The molecule has 0 unspecified atom stereocenters. The van der Waals surface area contributed by atoms with Gasteiger partial charge in [-0.15, -0.1) is 0 Å². The number of carbonyl (C=O) groups excluding carboxylic acids is 2. The highest BCUT2D eigenvalue weighted by Crippen LogP contribution is 2.32. The summed E-state index contributed by atoms with van der Waals surface area (Å²) in [6.45, 7) is 3.81. The van der Waals surface area contributed by atoms with E-state index in [0.29, 0.717) is 17.1 Å². The van der Waals surface area contributed by atoms with E-state index in [1.165, 1.54) is 13.0 Å². The third-order valence-corrected chi connectivity index (χ3v) is 4.29. The third kappa shape index (κ3) is 5.14. The summed E-state index contributed by atoms with van der Waals surface area (Å²) in [5.74, 6) is -0.0367. The van der Waals surface area contributed by atoms with Gasteiger partial charge in [0.1, 0.15) is 11.6 Å². The first-order valence-corrected chi connectivity index (χ1v) is 9.02. The lowest BCUT2D eigenvalue weighted by Gasteiger charge is -2.13. The van der Waals surface area contributed by atoms with Gasteiger partial charge >= 0.3 is 5.97 Å². The van der Waals surface area contributed by atoms with Gasteiger partial charge in [-0.1, -0.05) is 35.9 Å². The molecule has 1 N–H and O–H groups in total. The highest BCUT2D eigenvalue weighted by molar-refractivity contribution is 5.99. The first-order chi connectivity index (χ1) is 14.0. The van der Waals surface area contributed by atoms with Gasteiger partial charge in [0, 0.05) is 6.54 Å². The molecule has 148 valence electrons. The molecule has 2 aromatic rings. The molecule has 0 saturated heterocycles. The number of benzene rings is 2. The van der Waals surface area contributed by atoms with Gasteiger partial charge < -0.3 is 19.5 Å². The molecule has 1 atom stereocenters. The monoisotopic (exact) mass is 392 g/mol. The molecule has 7 heteroatoms. The molecule has 0 saturated carbocycles. The quantitative estimate of drug-likeness (QED) is 0.461. The lowest BCUT2D eigenvalue weighted by Crippen LogP contribution is -2.35. The smallest absolute Gasteiger partial charge is 0.349 e. The molecule has 7 nitrogen and oxygen atoms in total. The third-order valence-electron chi connectivity index (χ3n) is 4.29. The molecule has 1 aliphatic rings. The van der Waals surface area contributed by atoms with Crippen LogP contribution in [0.4, 0.5) is 0 Å². The van der Waals surface area contributed by atoms with Gasteiger partial charge in [-0.2, -0.15) is 5.26 Å². The largest absolute Gasteiger partial charge is 0.454 e. The maximum Gasteiger partial charge on any atom is 0.349 e. The number of nitrogens with one attached hydrogen (secondary N) is 1. The number of esters is 1. The van der Waals surface area contributed by atoms with Gasteiger partial charge in [0.2, 0.25) is 6.79 Å². The molecule has 0 fully saturated rings. The predicted molar refractivity (Wildman–Crippen MR) is 105 cm³/mol. The second-order valence-electron chi connectivity index (χ2n) is 6.53. The summed E-state index contributed by atoms with van der Waals surface area (Å²) in [7, 11) is 0. The van der Waals surface area contributed by atoms with E-state index in [4.69, 9.17) is 14.2 Å². The van der Waals surface area contributed by atoms with Crippen molar-refractivity contribution in [3.8, 4) is 17.6 Å². The number of aryl methyl sites for hydroxylation is 1. The second-order valence-corrected chi connectivity index (χ2v) is 6.53. The van der Waals surface area contributed by atoms with Crippen LogP contribution in [0.1, 0.15) is 23.6 Å². The van der Waals surface area contributed by atoms with Crippen molar-refractivity contribution < 1.29 is 23.8 Å². The number of rotatable bonds is 6. The van der Waals surface area contributed by atoms with E-state index in [1.54, 1.807) is 24.3 Å². The zero-order chi connectivity index (χ0) is 20.8. The SMILES string of the molecule is Cc1ccc(/C=C(\C#N)C(=O)O[C@@H](C)C(=O)NCc2ccc3c(c2)OCO3)cc1. The van der Waals surface area contributed by atoms with Crippen molar-refractivity contribution in [2.24, 2.45) is 0 Å². The highest BCUT2D eigenvalue weighted by Gasteiger charge is 2.21. The Labute approximate surface area is 168 Å². The van der Waals surface area contributed by atoms with Crippen LogP contribution in [0.15, 0.2) is 48.0 Å². The molecular formula is C22H20N2O5. The van der Waals surface area contributed by atoms with Crippen LogP contribution in [0.25, 0.3) is 6.08 Å². The summed E-state index contributed by atoms with van der Waals surface area (Å²) in [5, 5.41) is 11.9. The fourth-order valence-electron chi connectivity index (χ4n) is 2.63. The van der Waals surface area contributed by atoms with Crippen LogP contribution >= 0.6 is 0 Å². The standard InChI is InChI=1S/C22H20N2O5/c1-14-3-5-16(6-4-14)9-18(11-23)22(26)29-15(2)21(25)24-12-17-7-8-19-20(10-17)28-13-27-19/h3-10,15H,12-13H2,1-2H3,(H,24,25)/b18-9+/t15-/m0/s1. The molecule has 0 aromatic heterocycles. The summed E-state index contributed by atoms with van der Waals surface area (Å²) in [6, 6.07) is 14.5. The Bertz CT molecular complexity index is 989. The predicted octanol–water partition coefficient (Wildman–Crippen LogP) is 2.88. The van der Waals surface area contributed by atoms with E-state index < -0.39 is 18.0 Å². The number of hydrogen-bond donors (Lipinski definition) is 1. The summed E-state index contributed by atoms with van der Waals surface area (Å²) in [5.41, 5.74) is 2.40. The summed E-state index contributed by atoms with van der Waals surface area (Å²) in [4.78, 5) is 24.5. The van der Waals surface area contributed by atoms with Crippen molar-refractivity contribution in [2.45, 2.75) is 26.5 Å². The lowest BCUT2D eigenvalue weighted by atomic mass is 10.1. The van der Waals surface area contributed by atoms with E-state index in [2.05, 4.69) is 5.32 Å². The van der Waals surface area contributed by atoms with Gasteiger partial charge in [-0.3, -0.25) is 4.79 Å². The second kappa shape index (κ2) is 8.93. The number of nitriles is 1. The van der Waals surface area contributed by atoms with Gasteiger partial charge in [-0.25, -0.2) is 4.79 Å². The minimum Gasteiger partial charge on any atom is -0.454 e. The molecule has 3 rings (SSSR count). The molecule has 1 heterocycles. The Balaban J connectivity index is 1.56. The van der Waals surface area contributed by atoms with Gasteiger partial charge in [0.05, 0.1) is 0 Å². The number of amides is 1. The molecule has 1 amide bonds. The van der Waals surface area contributed by atoms with E-state index >= 15 is 0 Å². The summed E-state index contributed by atoms with van der Waals surface area (Å²) in [6.07, 6.45) is 0.380.